The van der Waals surface area contributed by atoms with Crippen LogP contribution < -0.4 is 5.43 Å². The minimum atomic E-state index is -4.80. The zero-order valence-electron chi connectivity index (χ0n) is 20.7. The quantitative estimate of drug-likeness (QED) is 0.319. The van der Waals surface area contributed by atoms with Crippen molar-refractivity contribution >= 4 is 39.2 Å². The van der Waals surface area contributed by atoms with Gasteiger partial charge in [-0.05, 0) is 62.1 Å². The Morgan fingerprint density at radius 2 is 1.79 bits per heavy atom. The number of aromatic nitrogens is 2. The van der Waals surface area contributed by atoms with Crippen LogP contribution in [0.5, 0.6) is 0 Å². The number of amides is 1. The molecule has 0 aliphatic carbocycles. The minimum Gasteiger partial charge on any atom is -0.283 e. The molecule has 0 spiro atoms. The molecule has 1 saturated heterocycles. The van der Waals surface area contributed by atoms with Crippen LogP contribution in [0.2, 0.25) is 10.0 Å². The number of aryl methyl sites for hydroxylation is 1. The molecule has 14 heteroatoms. The van der Waals surface area contributed by atoms with Gasteiger partial charge in [0.05, 0.1) is 21.3 Å². The van der Waals surface area contributed by atoms with Crippen LogP contribution in [-0.4, -0.2) is 52.9 Å². The Hall–Kier alpha value is -2.64. The van der Waals surface area contributed by atoms with Crippen LogP contribution in [0.25, 0.3) is 16.9 Å². The molecule has 8 nitrogen and oxygen atoms in total. The Bertz CT molecular complexity index is 1500. The molecule has 4 rings (SSSR count). The number of nitrogens with one attached hydrogen (secondary N) is 1. The number of rotatable bonds is 7. The van der Waals surface area contributed by atoms with Crippen LogP contribution in [0.1, 0.15) is 47.3 Å². The highest BCUT2D eigenvalue weighted by Gasteiger charge is 2.30. The molecule has 2 N–H and O–H groups in total. The molecule has 1 aliphatic heterocycles. The zero-order chi connectivity index (χ0) is 28.5. The van der Waals surface area contributed by atoms with Gasteiger partial charge in [0, 0.05) is 35.7 Å². The van der Waals surface area contributed by atoms with E-state index in [4.69, 9.17) is 23.2 Å². The van der Waals surface area contributed by atoms with Gasteiger partial charge in [0.2, 0.25) is 0 Å². The third kappa shape index (κ3) is 6.93. The summed E-state index contributed by atoms with van der Waals surface area (Å²) in [6.07, 6.45) is -3.62. The lowest BCUT2D eigenvalue weighted by molar-refractivity contribution is -0.134. The van der Waals surface area contributed by atoms with E-state index in [1.807, 2.05) is 0 Å². The predicted molar refractivity (Wildman–Crippen MR) is 141 cm³/mol. The summed E-state index contributed by atoms with van der Waals surface area (Å²) < 4.78 is 73.8. The number of hydrazine groups is 1. The zero-order valence-corrected chi connectivity index (χ0v) is 23.1. The van der Waals surface area contributed by atoms with E-state index in [0.717, 1.165) is 25.3 Å². The SMILES string of the molecule is Cc1c(C(=O)NN2CCCCC2)nn(-c2ccc(Cl)cc2Cl)c1-c1ccc(S(=O)(=O)O)c(CCC(F)(F)F)c1. The highest BCUT2D eigenvalue weighted by atomic mass is 35.5. The number of halogens is 5. The molecular weight excluding hydrogens is 580 g/mol. The van der Waals surface area contributed by atoms with Gasteiger partial charge < -0.3 is 0 Å². The molecule has 210 valence electrons. The Morgan fingerprint density at radius 1 is 1.10 bits per heavy atom. The summed E-state index contributed by atoms with van der Waals surface area (Å²) in [7, 11) is -4.80. The van der Waals surface area contributed by atoms with Gasteiger partial charge in [0.15, 0.2) is 5.69 Å². The van der Waals surface area contributed by atoms with Crippen molar-refractivity contribution in [3.63, 3.8) is 0 Å². The molecule has 1 fully saturated rings. The lowest BCUT2D eigenvalue weighted by Crippen LogP contribution is -2.45. The van der Waals surface area contributed by atoms with Crippen molar-refractivity contribution < 1.29 is 30.9 Å². The first-order valence-corrected chi connectivity index (χ1v) is 14.2. The average molecular weight is 605 g/mol. The molecule has 0 atom stereocenters. The highest BCUT2D eigenvalue weighted by molar-refractivity contribution is 7.85. The van der Waals surface area contributed by atoms with Gasteiger partial charge in [-0.1, -0.05) is 35.7 Å². The Labute approximate surface area is 233 Å². The van der Waals surface area contributed by atoms with Crippen molar-refractivity contribution in [3.8, 4) is 16.9 Å². The summed E-state index contributed by atoms with van der Waals surface area (Å²) in [6, 6.07) is 8.21. The molecule has 0 saturated carbocycles. The lowest BCUT2D eigenvalue weighted by atomic mass is 10.0. The molecule has 1 amide bonds. The fraction of sp³-hybridized carbons (Fsp3) is 0.360. The molecule has 1 aliphatic rings. The minimum absolute atomic E-state index is 0.0530. The Balaban J connectivity index is 1.87. The van der Waals surface area contributed by atoms with Crippen molar-refractivity contribution in [1.29, 1.82) is 0 Å². The number of benzene rings is 2. The van der Waals surface area contributed by atoms with E-state index in [1.165, 1.54) is 22.9 Å². The lowest BCUT2D eigenvalue weighted by Gasteiger charge is -2.26. The van der Waals surface area contributed by atoms with Crippen LogP contribution in [0.4, 0.5) is 13.2 Å². The van der Waals surface area contributed by atoms with Crippen molar-refractivity contribution in [3.05, 3.63) is 63.3 Å². The van der Waals surface area contributed by atoms with E-state index in [2.05, 4.69) is 10.5 Å². The summed E-state index contributed by atoms with van der Waals surface area (Å²) in [5.74, 6) is -0.480. The first-order valence-electron chi connectivity index (χ1n) is 12.0. The van der Waals surface area contributed by atoms with Gasteiger partial charge in [0.1, 0.15) is 0 Å². The third-order valence-corrected chi connectivity index (χ3v) is 7.87. The molecule has 2 heterocycles. The molecule has 3 aromatic rings. The van der Waals surface area contributed by atoms with Crippen LogP contribution >= 0.6 is 23.2 Å². The van der Waals surface area contributed by atoms with E-state index < -0.39 is 39.9 Å². The maximum atomic E-state index is 13.2. The third-order valence-electron chi connectivity index (χ3n) is 6.38. The number of nitrogens with zero attached hydrogens (tertiary/aromatic N) is 3. The summed E-state index contributed by atoms with van der Waals surface area (Å²) in [4.78, 5) is 12.6. The second kappa shape index (κ2) is 11.5. The maximum absolute atomic E-state index is 13.2. The largest absolute Gasteiger partial charge is 0.389 e. The van der Waals surface area contributed by atoms with Gasteiger partial charge in [-0.15, -0.1) is 0 Å². The van der Waals surface area contributed by atoms with Gasteiger partial charge in [-0.25, -0.2) is 9.69 Å². The molecule has 0 unspecified atom stereocenters. The van der Waals surface area contributed by atoms with Gasteiger partial charge in [0.25, 0.3) is 16.0 Å². The summed E-state index contributed by atoms with van der Waals surface area (Å²) >= 11 is 12.5. The monoisotopic (exact) mass is 604 g/mol. The Kier molecular flexibility index (Phi) is 8.62. The predicted octanol–water partition coefficient (Wildman–Crippen LogP) is 6.03. The normalized spacial score (nSPS) is 14.9. The maximum Gasteiger partial charge on any atom is 0.389 e. The Morgan fingerprint density at radius 3 is 2.41 bits per heavy atom. The number of carbonyl (C=O) groups excluding carboxylic acids is 1. The smallest absolute Gasteiger partial charge is 0.283 e. The highest BCUT2D eigenvalue weighted by Crippen LogP contribution is 2.35. The fourth-order valence-electron chi connectivity index (χ4n) is 4.53. The van der Waals surface area contributed by atoms with E-state index >= 15 is 0 Å². The second-order valence-corrected chi connectivity index (χ2v) is 11.5. The molecule has 39 heavy (non-hydrogen) atoms. The van der Waals surface area contributed by atoms with E-state index in [1.54, 1.807) is 24.1 Å². The summed E-state index contributed by atoms with van der Waals surface area (Å²) in [5.41, 5.74) is 3.97. The number of carbonyl (C=O) groups is 1. The summed E-state index contributed by atoms with van der Waals surface area (Å²) in [6.45, 7) is 2.99. The van der Waals surface area contributed by atoms with Gasteiger partial charge >= 0.3 is 6.18 Å². The molecule has 0 bridgehead atoms. The second-order valence-electron chi connectivity index (χ2n) is 9.23. The van der Waals surface area contributed by atoms with Crippen molar-refractivity contribution in [2.75, 3.05) is 13.1 Å². The van der Waals surface area contributed by atoms with Crippen molar-refractivity contribution in [2.45, 2.75) is 50.1 Å². The van der Waals surface area contributed by atoms with E-state index in [0.29, 0.717) is 35.1 Å². The number of hydrogen-bond acceptors (Lipinski definition) is 5. The standard InChI is InChI=1S/C25H25Cl2F3N4O4S/c1-15-22(24(35)32-33-11-3-2-4-12-33)31-34(20-7-6-18(26)14-19(20)27)23(15)17-5-8-21(39(36,37)38)16(13-17)9-10-25(28,29)30/h5-8,13-14H,2-4,9-12H2,1H3,(H,32,35)(H,36,37,38). The molecule has 2 aromatic carbocycles. The molecular formula is C25H25Cl2F3N4O4S. The fourth-order valence-corrected chi connectivity index (χ4v) is 5.75. The van der Waals surface area contributed by atoms with Crippen LogP contribution in [0.3, 0.4) is 0 Å². The topological polar surface area (TPSA) is 105 Å². The first kappa shape index (κ1) is 29.3. The van der Waals surface area contributed by atoms with E-state index in [-0.39, 0.29) is 21.8 Å². The van der Waals surface area contributed by atoms with Crippen LogP contribution in [0, 0.1) is 6.92 Å². The van der Waals surface area contributed by atoms with Crippen LogP contribution in [-0.2, 0) is 16.5 Å². The first-order chi connectivity index (χ1) is 18.2. The van der Waals surface area contributed by atoms with Gasteiger partial charge in [-0.2, -0.15) is 26.7 Å². The number of alkyl halides is 3. The van der Waals surface area contributed by atoms with Crippen molar-refractivity contribution in [2.24, 2.45) is 0 Å². The molecule has 0 radical (unpaired) electrons. The summed E-state index contributed by atoms with van der Waals surface area (Å²) in [5, 5.41) is 6.85. The van der Waals surface area contributed by atoms with Crippen LogP contribution in [0.15, 0.2) is 41.3 Å². The van der Waals surface area contributed by atoms with Crippen molar-refractivity contribution in [1.82, 2.24) is 20.2 Å². The average Bonchev–Trinajstić information content (AvgIpc) is 3.19. The number of piperidine rings is 1. The molecule has 1 aromatic heterocycles. The van der Waals surface area contributed by atoms with Gasteiger partial charge in [-0.3, -0.25) is 14.8 Å². The number of hydrogen-bond donors (Lipinski definition) is 2. The van der Waals surface area contributed by atoms with E-state index in [9.17, 15) is 30.9 Å².